The molecule has 0 unspecified atom stereocenters. The monoisotopic (exact) mass is 396 g/mol. The standard InChI is InChI=1S/C22H24N2OS2/c1-15-9-11-18(12-10-15)26-16(2)22(25)24-13-5-6-17(14-24)21-23-19-7-3-4-8-20(19)27-21/h3-4,7-12,16-17H,5-6,13-14H2,1-2H3/t16-,17+/m1/s1. The van der Waals surface area contributed by atoms with Crippen molar-refractivity contribution in [3.8, 4) is 0 Å². The molecule has 0 aliphatic carbocycles. The highest BCUT2D eigenvalue weighted by molar-refractivity contribution is 8.00. The molecule has 2 heterocycles. The van der Waals surface area contributed by atoms with Gasteiger partial charge in [0.15, 0.2) is 0 Å². The van der Waals surface area contributed by atoms with Gasteiger partial charge in [0.2, 0.25) is 5.91 Å². The highest BCUT2D eigenvalue weighted by Crippen LogP contribution is 2.34. The summed E-state index contributed by atoms with van der Waals surface area (Å²) in [7, 11) is 0. The molecule has 4 rings (SSSR count). The molecule has 2 atom stereocenters. The number of piperidine rings is 1. The summed E-state index contributed by atoms with van der Waals surface area (Å²) < 4.78 is 1.24. The van der Waals surface area contributed by atoms with Crippen LogP contribution in [0.25, 0.3) is 10.2 Å². The van der Waals surface area contributed by atoms with Crippen LogP contribution in [0.1, 0.15) is 36.3 Å². The van der Waals surface area contributed by atoms with Gasteiger partial charge in [-0.2, -0.15) is 0 Å². The smallest absolute Gasteiger partial charge is 0.235 e. The number of para-hydroxylation sites is 1. The summed E-state index contributed by atoms with van der Waals surface area (Å²) >= 11 is 3.43. The van der Waals surface area contributed by atoms with Crippen LogP contribution in [0, 0.1) is 6.92 Å². The van der Waals surface area contributed by atoms with E-state index in [-0.39, 0.29) is 11.2 Å². The lowest BCUT2D eigenvalue weighted by Gasteiger charge is -2.33. The van der Waals surface area contributed by atoms with Gasteiger partial charge in [-0.25, -0.2) is 4.98 Å². The fourth-order valence-electron chi connectivity index (χ4n) is 3.57. The van der Waals surface area contributed by atoms with Crippen molar-refractivity contribution in [2.24, 2.45) is 0 Å². The second-order valence-corrected chi connectivity index (χ2v) is 9.69. The van der Waals surface area contributed by atoms with Gasteiger partial charge in [-0.05, 0) is 51.0 Å². The fraction of sp³-hybridized carbons (Fsp3) is 0.364. The lowest BCUT2D eigenvalue weighted by Crippen LogP contribution is -2.42. The summed E-state index contributed by atoms with van der Waals surface area (Å²) in [5.41, 5.74) is 2.32. The molecule has 3 nitrogen and oxygen atoms in total. The van der Waals surface area contributed by atoms with Crippen LogP contribution in [0.2, 0.25) is 0 Å². The summed E-state index contributed by atoms with van der Waals surface area (Å²) in [6, 6.07) is 16.7. The van der Waals surface area contributed by atoms with Crippen molar-refractivity contribution in [2.45, 2.75) is 42.8 Å². The molecule has 0 spiro atoms. The van der Waals surface area contributed by atoms with Crippen LogP contribution in [-0.4, -0.2) is 34.1 Å². The lowest BCUT2D eigenvalue weighted by atomic mass is 9.98. The quantitative estimate of drug-likeness (QED) is 0.547. The maximum atomic E-state index is 13.0. The maximum Gasteiger partial charge on any atom is 0.235 e. The minimum Gasteiger partial charge on any atom is -0.341 e. The maximum absolute atomic E-state index is 13.0. The van der Waals surface area contributed by atoms with E-state index in [1.807, 2.05) is 17.9 Å². The van der Waals surface area contributed by atoms with Crippen LogP contribution in [0.5, 0.6) is 0 Å². The summed E-state index contributed by atoms with van der Waals surface area (Å²) in [4.78, 5) is 21.0. The Morgan fingerprint density at radius 2 is 2.00 bits per heavy atom. The second-order valence-electron chi connectivity index (χ2n) is 7.22. The zero-order valence-electron chi connectivity index (χ0n) is 15.7. The van der Waals surface area contributed by atoms with Gasteiger partial charge in [-0.1, -0.05) is 29.8 Å². The van der Waals surface area contributed by atoms with Gasteiger partial charge in [0.1, 0.15) is 0 Å². The van der Waals surface area contributed by atoms with E-state index in [0.29, 0.717) is 5.92 Å². The van der Waals surface area contributed by atoms with Crippen LogP contribution in [0.15, 0.2) is 53.4 Å². The van der Waals surface area contributed by atoms with Crippen LogP contribution >= 0.6 is 23.1 Å². The first-order valence-corrected chi connectivity index (χ1v) is 11.2. The highest BCUT2D eigenvalue weighted by atomic mass is 32.2. The number of aromatic nitrogens is 1. The van der Waals surface area contributed by atoms with E-state index < -0.39 is 0 Å². The Morgan fingerprint density at radius 3 is 2.78 bits per heavy atom. The molecule has 0 bridgehead atoms. The van der Waals surface area contributed by atoms with Crippen molar-refractivity contribution in [3.05, 3.63) is 59.1 Å². The predicted molar refractivity (Wildman–Crippen MR) is 115 cm³/mol. The molecule has 2 aromatic carbocycles. The number of thioether (sulfide) groups is 1. The van der Waals surface area contributed by atoms with E-state index in [0.717, 1.165) is 36.3 Å². The van der Waals surface area contributed by atoms with Crippen LogP contribution in [0.4, 0.5) is 0 Å². The zero-order valence-corrected chi connectivity index (χ0v) is 17.4. The summed E-state index contributed by atoms with van der Waals surface area (Å²) in [6.07, 6.45) is 2.16. The largest absolute Gasteiger partial charge is 0.341 e. The average molecular weight is 397 g/mol. The molecule has 3 aromatic rings. The van der Waals surface area contributed by atoms with Crippen molar-refractivity contribution in [1.29, 1.82) is 0 Å². The number of nitrogens with zero attached hydrogens (tertiary/aromatic N) is 2. The third-order valence-electron chi connectivity index (χ3n) is 5.07. The first-order chi connectivity index (χ1) is 13.1. The molecule has 0 saturated carbocycles. The molecule has 0 radical (unpaired) electrons. The van der Waals surface area contributed by atoms with E-state index in [4.69, 9.17) is 4.98 Å². The fourth-order valence-corrected chi connectivity index (χ4v) is 5.62. The summed E-state index contributed by atoms with van der Waals surface area (Å²) in [6.45, 7) is 5.75. The number of carbonyl (C=O) groups excluding carboxylic acids is 1. The Bertz CT molecular complexity index is 902. The Morgan fingerprint density at radius 1 is 1.22 bits per heavy atom. The molecule has 5 heteroatoms. The number of hydrogen-bond acceptors (Lipinski definition) is 4. The second kappa shape index (κ2) is 8.03. The van der Waals surface area contributed by atoms with Crippen molar-refractivity contribution in [1.82, 2.24) is 9.88 Å². The molecular formula is C22H24N2OS2. The zero-order chi connectivity index (χ0) is 18.8. The number of fused-ring (bicyclic) bond motifs is 1. The van der Waals surface area contributed by atoms with Gasteiger partial charge in [0.25, 0.3) is 0 Å². The van der Waals surface area contributed by atoms with Crippen molar-refractivity contribution in [2.75, 3.05) is 13.1 Å². The normalized spacial score (nSPS) is 18.6. The number of amides is 1. The Kier molecular flexibility index (Phi) is 5.50. The van der Waals surface area contributed by atoms with Crippen molar-refractivity contribution < 1.29 is 4.79 Å². The van der Waals surface area contributed by atoms with E-state index in [1.165, 1.54) is 15.3 Å². The van der Waals surface area contributed by atoms with Crippen LogP contribution < -0.4 is 0 Å². The van der Waals surface area contributed by atoms with E-state index in [1.54, 1.807) is 23.1 Å². The van der Waals surface area contributed by atoms with Crippen LogP contribution in [0.3, 0.4) is 0 Å². The Hall–Kier alpha value is -1.85. The van der Waals surface area contributed by atoms with Crippen molar-refractivity contribution >= 4 is 39.2 Å². The number of hydrogen-bond donors (Lipinski definition) is 0. The summed E-state index contributed by atoms with van der Waals surface area (Å²) in [5, 5.41) is 1.11. The van der Waals surface area contributed by atoms with Gasteiger partial charge >= 0.3 is 0 Å². The molecule has 1 aromatic heterocycles. The third kappa shape index (κ3) is 4.19. The Labute approximate surface area is 168 Å². The molecule has 0 N–H and O–H groups in total. The van der Waals surface area contributed by atoms with E-state index in [9.17, 15) is 4.79 Å². The first kappa shape index (κ1) is 18.5. The number of rotatable bonds is 4. The lowest BCUT2D eigenvalue weighted by molar-refractivity contribution is -0.131. The molecule has 1 aliphatic rings. The number of thiazole rings is 1. The van der Waals surface area contributed by atoms with Gasteiger partial charge < -0.3 is 4.90 Å². The van der Waals surface area contributed by atoms with Crippen molar-refractivity contribution in [3.63, 3.8) is 0 Å². The number of likely N-dealkylation sites (tertiary alicyclic amines) is 1. The molecule has 1 aliphatic heterocycles. The molecule has 140 valence electrons. The van der Waals surface area contributed by atoms with Gasteiger partial charge in [0.05, 0.1) is 20.5 Å². The molecule has 1 amide bonds. The predicted octanol–water partition coefficient (Wildman–Crippen LogP) is 5.49. The highest BCUT2D eigenvalue weighted by Gasteiger charge is 2.29. The van der Waals surface area contributed by atoms with Gasteiger partial charge in [-0.3, -0.25) is 4.79 Å². The topological polar surface area (TPSA) is 33.2 Å². The first-order valence-electron chi connectivity index (χ1n) is 9.48. The van der Waals surface area contributed by atoms with Crippen LogP contribution in [-0.2, 0) is 4.79 Å². The third-order valence-corrected chi connectivity index (χ3v) is 7.37. The molecular weight excluding hydrogens is 372 g/mol. The molecule has 1 fully saturated rings. The SMILES string of the molecule is Cc1ccc(S[C@H](C)C(=O)N2CCC[C@H](c3nc4ccccc4s3)C2)cc1. The number of carbonyl (C=O) groups is 1. The molecule has 1 saturated heterocycles. The molecule has 27 heavy (non-hydrogen) atoms. The van der Waals surface area contributed by atoms with E-state index >= 15 is 0 Å². The average Bonchev–Trinajstić information content (AvgIpc) is 3.13. The summed E-state index contributed by atoms with van der Waals surface area (Å²) in [5.74, 6) is 0.600. The number of benzene rings is 2. The minimum atomic E-state index is -0.0678. The number of aryl methyl sites for hydroxylation is 1. The van der Waals surface area contributed by atoms with Gasteiger partial charge in [0, 0.05) is 23.9 Å². The minimum absolute atomic E-state index is 0.0678. The Balaban J connectivity index is 1.43. The van der Waals surface area contributed by atoms with Gasteiger partial charge in [-0.15, -0.1) is 23.1 Å². The van der Waals surface area contributed by atoms with E-state index in [2.05, 4.69) is 49.4 Å².